The minimum atomic E-state index is 0.196. The van der Waals surface area contributed by atoms with Gasteiger partial charge >= 0.3 is 0 Å². The molecular formula is C18H29N2O2+. The van der Waals surface area contributed by atoms with Gasteiger partial charge in [0.25, 0.3) is 0 Å². The van der Waals surface area contributed by atoms with Crippen molar-refractivity contribution in [3.05, 3.63) is 29.8 Å². The Morgan fingerprint density at radius 3 is 2.55 bits per heavy atom. The molecule has 0 aromatic heterocycles. The molecule has 1 heterocycles. The van der Waals surface area contributed by atoms with E-state index < -0.39 is 0 Å². The van der Waals surface area contributed by atoms with E-state index in [0.29, 0.717) is 5.91 Å². The fraction of sp³-hybridized carbons (Fsp3) is 0.611. The zero-order valence-electron chi connectivity index (χ0n) is 14.1. The van der Waals surface area contributed by atoms with Crippen molar-refractivity contribution in [2.75, 3.05) is 33.3 Å². The van der Waals surface area contributed by atoms with Crippen LogP contribution in [0.3, 0.4) is 0 Å². The van der Waals surface area contributed by atoms with E-state index in [0.717, 1.165) is 51.3 Å². The number of likely N-dealkylation sites (tertiary alicyclic amines) is 1. The van der Waals surface area contributed by atoms with Crippen LogP contribution < -0.4 is 9.64 Å². The van der Waals surface area contributed by atoms with Gasteiger partial charge in [0.1, 0.15) is 12.3 Å². The second-order valence-electron chi connectivity index (χ2n) is 6.08. The van der Waals surface area contributed by atoms with Gasteiger partial charge in [0.15, 0.2) is 0 Å². The highest BCUT2D eigenvalue weighted by atomic mass is 16.5. The largest absolute Gasteiger partial charge is 0.497 e. The molecule has 1 fully saturated rings. The van der Waals surface area contributed by atoms with Crippen molar-refractivity contribution in [3.63, 3.8) is 0 Å². The zero-order valence-corrected chi connectivity index (χ0v) is 14.1. The Morgan fingerprint density at radius 2 is 1.95 bits per heavy atom. The van der Waals surface area contributed by atoms with Crippen molar-refractivity contribution in [3.8, 4) is 5.75 Å². The monoisotopic (exact) mass is 305 g/mol. The van der Waals surface area contributed by atoms with Crippen LogP contribution in [0.4, 0.5) is 0 Å². The number of nitrogens with zero attached hydrogens (tertiary/aromatic N) is 1. The summed E-state index contributed by atoms with van der Waals surface area (Å²) in [6.45, 7) is 8.87. The quantitative estimate of drug-likeness (QED) is 0.861. The molecule has 1 aliphatic rings. The number of carbonyl (C=O) groups excluding carboxylic acids is 1. The Morgan fingerprint density at radius 1 is 1.27 bits per heavy atom. The first-order valence-electron chi connectivity index (χ1n) is 8.43. The van der Waals surface area contributed by atoms with Gasteiger partial charge in [-0.25, -0.2) is 0 Å². The lowest BCUT2D eigenvalue weighted by atomic mass is 9.96. The molecule has 4 heteroatoms. The number of quaternary nitrogens is 1. The fourth-order valence-corrected chi connectivity index (χ4v) is 3.35. The van der Waals surface area contributed by atoms with Gasteiger partial charge in [-0.05, 0) is 51.0 Å². The topological polar surface area (TPSA) is 34.0 Å². The molecule has 1 aromatic carbocycles. The van der Waals surface area contributed by atoms with Crippen molar-refractivity contribution in [1.29, 1.82) is 0 Å². The molecular weight excluding hydrogens is 276 g/mol. The molecule has 1 aromatic rings. The van der Waals surface area contributed by atoms with Crippen molar-refractivity contribution in [2.45, 2.75) is 33.2 Å². The molecule has 2 atom stereocenters. The molecule has 1 amide bonds. The smallest absolute Gasteiger partial charge is 0.231 e. The molecule has 0 aliphatic carbocycles. The Balaban J connectivity index is 1.93. The number of benzene rings is 1. The van der Waals surface area contributed by atoms with Crippen molar-refractivity contribution >= 4 is 5.91 Å². The molecule has 1 saturated heterocycles. The predicted molar refractivity (Wildman–Crippen MR) is 88.0 cm³/mol. The van der Waals surface area contributed by atoms with Crippen molar-refractivity contribution in [1.82, 2.24) is 4.90 Å². The molecule has 22 heavy (non-hydrogen) atoms. The Hall–Kier alpha value is -1.55. The van der Waals surface area contributed by atoms with Gasteiger partial charge in [-0.1, -0.05) is 0 Å². The second-order valence-corrected chi connectivity index (χ2v) is 6.08. The normalized spacial score (nSPS) is 21.4. The highest BCUT2D eigenvalue weighted by Gasteiger charge is 2.30. The summed E-state index contributed by atoms with van der Waals surface area (Å²) < 4.78 is 5.20. The number of hydrogen-bond acceptors (Lipinski definition) is 2. The molecule has 0 bridgehead atoms. The predicted octanol–water partition coefficient (Wildman–Crippen LogP) is 1.36. The highest BCUT2D eigenvalue weighted by molar-refractivity contribution is 5.78. The first-order valence-corrected chi connectivity index (χ1v) is 8.43. The molecule has 1 unspecified atom stereocenters. The molecule has 0 saturated carbocycles. The first-order chi connectivity index (χ1) is 10.7. The average molecular weight is 305 g/mol. The molecule has 1 aliphatic heterocycles. The standard InChI is InChI=1S/C18H28N2O2/c1-4-20(5-2)18(21)16-7-6-12-19(14-16)13-15-8-10-17(22-3)11-9-15/h8-11,16H,4-7,12-14H2,1-3H3/p+1/t16-/m1/s1. The van der Waals surface area contributed by atoms with E-state index in [1.165, 1.54) is 10.5 Å². The zero-order chi connectivity index (χ0) is 15.9. The van der Waals surface area contributed by atoms with Crippen molar-refractivity contribution < 1.29 is 14.4 Å². The van der Waals surface area contributed by atoms with Gasteiger partial charge in [-0.2, -0.15) is 0 Å². The molecule has 4 nitrogen and oxygen atoms in total. The maximum absolute atomic E-state index is 12.5. The highest BCUT2D eigenvalue weighted by Crippen LogP contribution is 2.13. The van der Waals surface area contributed by atoms with Crippen LogP contribution in [0.15, 0.2) is 24.3 Å². The van der Waals surface area contributed by atoms with E-state index in [1.807, 2.05) is 17.0 Å². The number of hydrogen-bond donors (Lipinski definition) is 1. The molecule has 122 valence electrons. The van der Waals surface area contributed by atoms with Crippen LogP contribution in [0.25, 0.3) is 0 Å². The van der Waals surface area contributed by atoms with Crippen LogP contribution in [0.2, 0.25) is 0 Å². The van der Waals surface area contributed by atoms with Crippen molar-refractivity contribution in [2.24, 2.45) is 5.92 Å². The lowest BCUT2D eigenvalue weighted by Crippen LogP contribution is -3.12. The minimum absolute atomic E-state index is 0.196. The lowest BCUT2D eigenvalue weighted by Gasteiger charge is -2.32. The third kappa shape index (κ3) is 4.23. The Bertz CT molecular complexity index is 468. The van der Waals surface area contributed by atoms with E-state index in [2.05, 4.69) is 26.0 Å². The average Bonchev–Trinajstić information content (AvgIpc) is 2.57. The summed E-state index contributed by atoms with van der Waals surface area (Å²) >= 11 is 0. The van der Waals surface area contributed by atoms with E-state index in [4.69, 9.17) is 4.74 Å². The third-order valence-electron chi connectivity index (χ3n) is 4.66. The SMILES string of the molecule is CCN(CC)C(=O)[C@@H]1CCC[NH+](Cc2ccc(OC)cc2)C1. The number of ether oxygens (including phenoxy) is 1. The number of nitrogens with one attached hydrogen (secondary N) is 1. The summed E-state index contributed by atoms with van der Waals surface area (Å²) in [7, 11) is 1.69. The summed E-state index contributed by atoms with van der Waals surface area (Å²) in [4.78, 5) is 16.0. The maximum atomic E-state index is 12.5. The van der Waals surface area contributed by atoms with Crippen LogP contribution in [0.1, 0.15) is 32.3 Å². The molecule has 0 spiro atoms. The van der Waals surface area contributed by atoms with E-state index >= 15 is 0 Å². The molecule has 2 rings (SSSR count). The summed E-state index contributed by atoms with van der Waals surface area (Å²) in [6.07, 6.45) is 2.19. The van der Waals surface area contributed by atoms with E-state index in [-0.39, 0.29) is 5.92 Å². The summed E-state index contributed by atoms with van der Waals surface area (Å²) in [6, 6.07) is 8.28. The van der Waals surface area contributed by atoms with Gasteiger partial charge in [-0.15, -0.1) is 0 Å². The number of carbonyl (C=O) groups is 1. The van der Waals surface area contributed by atoms with E-state index in [1.54, 1.807) is 7.11 Å². The van der Waals surface area contributed by atoms with Crippen LogP contribution in [0.5, 0.6) is 5.75 Å². The summed E-state index contributed by atoms with van der Waals surface area (Å²) in [5, 5.41) is 0. The maximum Gasteiger partial charge on any atom is 0.231 e. The Labute approximate surface area is 134 Å². The molecule has 0 radical (unpaired) electrons. The van der Waals surface area contributed by atoms with Gasteiger partial charge in [0.2, 0.25) is 5.91 Å². The third-order valence-corrected chi connectivity index (χ3v) is 4.66. The van der Waals surface area contributed by atoms with Crippen LogP contribution in [0, 0.1) is 5.92 Å². The van der Waals surface area contributed by atoms with Gasteiger partial charge in [-0.3, -0.25) is 4.79 Å². The van der Waals surface area contributed by atoms with Gasteiger partial charge in [0.05, 0.1) is 26.1 Å². The second kappa shape index (κ2) is 8.18. The lowest BCUT2D eigenvalue weighted by molar-refractivity contribution is -0.921. The fourth-order valence-electron chi connectivity index (χ4n) is 3.35. The number of amides is 1. The Kier molecular flexibility index (Phi) is 6.25. The molecule has 1 N–H and O–H groups in total. The number of methoxy groups -OCH3 is 1. The van der Waals surface area contributed by atoms with Crippen LogP contribution in [-0.4, -0.2) is 44.1 Å². The first kappa shape index (κ1) is 16.8. The van der Waals surface area contributed by atoms with Crippen LogP contribution in [-0.2, 0) is 11.3 Å². The summed E-state index contributed by atoms with van der Waals surface area (Å²) in [5.41, 5.74) is 1.31. The van der Waals surface area contributed by atoms with Gasteiger partial charge < -0.3 is 14.5 Å². The number of piperidine rings is 1. The summed E-state index contributed by atoms with van der Waals surface area (Å²) in [5.74, 6) is 1.44. The minimum Gasteiger partial charge on any atom is -0.497 e. The van der Waals surface area contributed by atoms with Gasteiger partial charge in [0, 0.05) is 18.7 Å². The van der Waals surface area contributed by atoms with Crippen LogP contribution >= 0.6 is 0 Å². The van der Waals surface area contributed by atoms with E-state index in [9.17, 15) is 4.79 Å². The number of rotatable bonds is 6.